The van der Waals surface area contributed by atoms with Crippen LogP contribution in [0.15, 0.2) is 54.6 Å². The first-order valence-electron chi connectivity index (χ1n) is 10.5. The Balaban J connectivity index is 2.05. The third-order valence-electron chi connectivity index (χ3n) is 4.84. The minimum absolute atomic E-state index is 0.0838. The van der Waals surface area contributed by atoms with Gasteiger partial charge in [-0.15, -0.1) is 6.58 Å². The molecule has 0 atom stereocenters. The lowest BCUT2D eigenvalue weighted by molar-refractivity contribution is -0.384. The van der Waals surface area contributed by atoms with Crippen molar-refractivity contribution in [3.63, 3.8) is 0 Å². The maximum atomic E-state index is 13.1. The molecule has 34 heavy (non-hydrogen) atoms. The Bertz CT molecular complexity index is 1190. The molecule has 1 fully saturated rings. The van der Waals surface area contributed by atoms with E-state index in [4.69, 9.17) is 9.47 Å². The van der Waals surface area contributed by atoms with Crippen molar-refractivity contribution < 1.29 is 28.8 Å². The van der Waals surface area contributed by atoms with E-state index in [1.54, 1.807) is 18.2 Å². The average molecular weight is 465 g/mol. The predicted molar refractivity (Wildman–Crippen MR) is 125 cm³/mol. The molecule has 1 aliphatic rings. The van der Waals surface area contributed by atoms with Crippen molar-refractivity contribution in [2.24, 2.45) is 0 Å². The van der Waals surface area contributed by atoms with E-state index >= 15 is 0 Å². The molecule has 0 bridgehead atoms. The Hall–Kier alpha value is -4.47. The van der Waals surface area contributed by atoms with Crippen molar-refractivity contribution in [2.45, 2.75) is 20.3 Å². The predicted octanol–water partition coefficient (Wildman–Crippen LogP) is 3.79. The highest BCUT2D eigenvalue weighted by Crippen LogP contribution is 2.35. The summed E-state index contributed by atoms with van der Waals surface area (Å²) in [7, 11) is 0. The highest BCUT2D eigenvalue weighted by Gasteiger charge is 2.37. The number of urea groups is 1. The monoisotopic (exact) mass is 465 g/mol. The summed E-state index contributed by atoms with van der Waals surface area (Å²) in [5, 5.41) is 13.0. The molecule has 2 aromatic rings. The number of imide groups is 2. The fraction of sp³-hybridized carbons (Fsp3) is 0.208. The van der Waals surface area contributed by atoms with Gasteiger partial charge < -0.3 is 9.47 Å². The number of anilines is 1. The second kappa shape index (κ2) is 10.4. The van der Waals surface area contributed by atoms with Crippen molar-refractivity contribution in [3.05, 3.63) is 75.9 Å². The lowest BCUT2D eigenvalue weighted by Crippen LogP contribution is -2.54. The van der Waals surface area contributed by atoms with Crippen LogP contribution >= 0.6 is 0 Å². The molecular formula is C24H23N3O7. The number of barbiturate groups is 1. The fourth-order valence-corrected chi connectivity index (χ4v) is 3.43. The number of nitro groups is 1. The number of non-ortho nitro benzene ring substituents is 1. The van der Waals surface area contributed by atoms with Crippen molar-refractivity contribution in [1.82, 2.24) is 5.32 Å². The van der Waals surface area contributed by atoms with Crippen LogP contribution in [0.3, 0.4) is 0 Å². The van der Waals surface area contributed by atoms with Gasteiger partial charge in [-0.2, -0.15) is 0 Å². The number of ether oxygens (including phenoxy) is 2. The van der Waals surface area contributed by atoms with Gasteiger partial charge in [0, 0.05) is 17.7 Å². The van der Waals surface area contributed by atoms with Gasteiger partial charge in [0.25, 0.3) is 17.5 Å². The van der Waals surface area contributed by atoms with E-state index in [9.17, 15) is 24.5 Å². The van der Waals surface area contributed by atoms with Crippen molar-refractivity contribution in [1.29, 1.82) is 0 Å². The Labute approximate surface area is 195 Å². The minimum atomic E-state index is -0.949. The molecule has 10 nitrogen and oxygen atoms in total. The van der Waals surface area contributed by atoms with Gasteiger partial charge in [-0.25, -0.2) is 9.69 Å². The number of nitrogens with one attached hydrogen (secondary N) is 1. The molecule has 1 heterocycles. The van der Waals surface area contributed by atoms with Crippen LogP contribution in [-0.4, -0.2) is 36.0 Å². The largest absolute Gasteiger partial charge is 0.490 e. The maximum absolute atomic E-state index is 13.1. The third-order valence-corrected chi connectivity index (χ3v) is 4.84. The molecule has 3 rings (SSSR count). The summed E-state index contributed by atoms with van der Waals surface area (Å²) < 4.78 is 11.4. The SMILES string of the molecule is C=CCc1cc(/C=C2\C(=O)NC(=O)N(c3ccc([N+](=O)[O-])cc3)C2=O)cc(OCC)c1OCC. The smallest absolute Gasteiger partial charge is 0.335 e. The summed E-state index contributed by atoms with van der Waals surface area (Å²) in [5.74, 6) is -0.721. The summed E-state index contributed by atoms with van der Waals surface area (Å²) in [4.78, 5) is 49.1. The Morgan fingerprint density at radius 3 is 2.35 bits per heavy atom. The summed E-state index contributed by atoms with van der Waals surface area (Å²) in [6, 6.07) is 7.28. The number of benzene rings is 2. The molecule has 4 amide bonds. The number of rotatable bonds is 9. The van der Waals surface area contributed by atoms with Crippen molar-refractivity contribution in [3.8, 4) is 11.5 Å². The number of nitrogens with zero attached hydrogens (tertiary/aromatic N) is 2. The van der Waals surface area contributed by atoms with E-state index in [0.717, 1.165) is 22.6 Å². The number of hydrogen-bond acceptors (Lipinski definition) is 7. The van der Waals surface area contributed by atoms with E-state index < -0.39 is 22.8 Å². The normalized spacial score (nSPS) is 14.7. The van der Waals surface area contributed by atoms with Crippen LogP contribution < -0.4 is 19.7 Å². The van der Waals surface area contributed by atoms with Gasteiger partial charge in [-0.1, -0.05) is 6.08 Å². The number of amides is 4. The van der Waals surface area contributed by atoms with Gasteiger partial charge in [0.2, 0.25) is 0 Å². The second-order valence-electron chi connectivity index (χ2n) is 7.10. The second-order valence-corrected chi connectivity index (χ2v) is 7.10. The maximum Gasteiger partial charge on any atom is 0.335 e. The number of allylic oxidation sites excluding steroid dienone is 1. The third kappa shape index (κ3) is 4.96. The van der Waals surface area contributed by atoms with E-state index in [-0.39, 0.29) is 16.9 Å². The van der Waals surface area contributed by atoms with Crippen LogP contribution in [0.4, 0.5) is 16.2 Å². The fourth-order valence-electron chi connectivity index (χ4n) is 3.43. The quantitative estimate of drug-likeness (QED) is 0.196. The lowest BCUT2D eigenvalue weighted by Gasteiger charge is -2.26. The highest BCUT2D eigenvalue weighted by molar-refractivity contribution is 6.39. The van der Waals surface area contributed by atoms with Crippen LogP contribution in [0.25, 0.3) is 6.08 Å². The molecule has 0 aromatic heterocycles. The highest BCUT2D eigenvalue weighted by atomic mass is 16.6. The molecule has 1 N–H and O–H groups in total. The van der Waals surface area contributed by atoms with E-state index in [1.165, 1.54) is 18.2 Å². The summed E-state index contributed by atoms with van der Waals surface area (Å²) in [5.41, 5.74) is 0.838. The first kappa shape index (κ1) is 24.2. The molecule has 10 heteroatoms. The van der Waals surface area contributed by atoms with Gasteiger partial charge in [-0.05, 0) is 56.2 Å². The van der Waals surface area contributed by atoms with Gasteiger partial charge in [0.15, 0.2) is 11.5 Å². The summed E-state index contributed by atoms with van der Waals surface area (Å²) >= 11 is 0. The van der Waals surface area contributed by atoms with Crippen LogP contribution in [0.5, 0.6) is 11.5 Å². The lowest BCUT2D eigenvalue weighted by atomic mass is 10.0. The molecular weight excluding hydrogens is 442 g/mol. The number of carbonyl (C=O) groups excluding carboxylic acids is 3. The minimum Gasteiger partial charge on any atom is -0.490 e. The standard InChI is InChI=1S/C24H23N3O7/c1-4-7-16-12-15(14-20(33-5-2)21(16)34-6-3)13-19-22(28)25-24(30)26(23(19)29)17-8-10-18(11-9-17)27(31)32/h4,8-14H,1,5-7H2,2-3H3,(H,25,28,30)/b19-13+. The molecule has 0 radical (unpaired) electrons. The summed E-state index contributed by atoms with van der Waals surface area (Å²) in [6.45, 7) is 8.20. The van der Waals surface area contributed by atoms with E-state index in [0.29, 0.717) is 36.7 Å². The van der Waals surface area contributed by atoms with Crippen LogP contribution in [0.1, 0.15) is 25.0 Å². The molecule has 0 aliphatic carbocycles. The molecule has 176 valence electrons. The molecule has 1 aliphatic heterocycles. The molecule has 0 saturated carbocycles. The van der Waals surface area contributed by atoms with Gasteiger partial charge in [0.05, 0.1) is 23.8 Å². The van der Waals surface area contributed by atoms with E-state index in [1.807, 2.05) is 13.8 Å². The molecule has 0 spiro atoms. The van der Waals surface area contributed by atoms with Crippen LogP contribution in [-0.2, 0) is 16.0 Å². The first-order valence-corrected chi connectivity index (χ1v) is 10.5. The molecule has 0 unspecified atom stereocenters. The number of carbonyl (C=O) groups is 3. The van der Waals surface area contributed by atoms with Crippen molar-refractivity contribution in [2.75, 3.05) is 18.1 Å². The van der Waals surface area contributed by atoms with Gasteiger partial charge in [0.1, 0.15) is 5.57 Å². The van der Waals surface area contributed by atoms with Gasteiger partial charge in [-0.3, -0.25) is 25.0 Å². The molecule has 2 aromatic carbocycles. The topological polar surface area (TPSA) is 128 Å². The van der Waals surface area contributed by atoms with Crippen LogP contribution in [0, 0.1) is 10.1 Å². The van der Waals surface area contributed by atoms with Crippen LogP contribution in [0.2, 0.25) is 0 Å². The Kier molecular flexibility index (Phi) is 7.42. The Morgan fingerprint density at radius 1 is 1.09 bits per heavy atom. The van der Waals surface area contributed by atoms with Gasteiger partial charge >= 0.3 is 6.03 Å². The summed E-state index contributed by atoms with van der Waals surface area (Å²) in [6.07, 6.45) is 3.51. The number of nitro benzene ring substituents is 1. The zero-order valence-electron chi connectivity index (χ0n) is 18.7. The van der Waals surface area contributed by atoms with Crippen molar-refractivity contribution >= 4 is 35.3 Å². The van der Waals surface area contributed by atoms with E-state index in [2.05, 4.69) is 11.9 Å². The first-order chi connectivity index (χ1) is 16.3. The molecule has 1 saturated heterocycles. The Morgan fingerprint density at radius 2 is 1.76 bits per heavy atom. The zero-order valence-corrected chi connectivity index (χ0v) is 18.7. The zero-order chi connectivity index (χ0) is 24.8. The average Bonchev–Trinajstić information content (AvgIpc) is 2.79. The number of hydrogen-bond donors (Lipinski definition) is 1.